The number of nitrogen functional groups attached to an aromatic ring is 1. The molecule has 0 bridgehead atoms. The van der Waals surface area contributed by atoms with E-state index in [1.807, 2.05) is 31.2 Å². The number of aliphatic hydroxyl groups is 7. The molecule has 5 fully saturated rings. The Kier molecular flexibility index (Phi) is 23.3. The Bertz CT molecular complexity index is 3200. The number of ether oxygens (including phenoxy) is 4. The lowest BCUT2D eigenvalue weighted by Gasteiger charge is -2.56. The van der Waals surface area contributed by atoms with E-state index >= 15 is 0 Å². The number of hydrogen-bond acceptors (Lipinski definition) is 22. The number of aryl methyl sites for hydroxylation is 2. The van der Waals surface area contributed by atoms with E-state index in [4.69, 9.17) is 30.4 Å². The molecule has 3 saturated carbocycles. The Labute approximate surface area is 567 Å². The molecule has 0 radical (unpaired) electrons. The van der Waals surface area contributed by atoms with Crippen LogP contribution < -0.4 is 38.1 Å². The SMILES string of the molecule is CC(C)[C@H](NC(=O)[C@H](N)CCCCNC(=O)COC1CCCCCC2C1N=NN2[C@H]1O[C@H](CO)[C@@H](O[C@H]2O[C@H](CO)[C@@H](O)[C@H](O)[C@H]2O)[C@H](O)[C@H]1O)C(=O)N[C@@H](C)C(=O)Nc1ccc2c(c1)[C@@]1(C)CCC[C@](C)(C(=O)NC(=O)[C@@]3(C)CCC[C@]4(C)c5cc(N)ccc5CC[C@@H]34)[C@@H]1CC2. The van der Waals surface area contributed by atoms with Crippen molar-refractivity contribution in [2.75, 3.05) is 37.4 Å². The topological polar surface area (TPSA) is 421 Å². The Hall–Kier alpha value is -5.82. The van der Waals surface area contributed by atoms with Gasteiger partial charge in [-0.1, -0.05) is 91.0 Å². The molecule has 0 spiro atoms. The van der Waals surface area contributed by atoms with E-state index in [1.165, 1.54) is 16.1 Å². The Morgan fingerprint density at radius 3 is 1.96 bits per heavy atom. The number of nitrogens with one attached hydrogen (secondary N) is 5. The van der Waals surface area contributed by atoms with E-state index in [1.54, 1.807) is 20.8 Å². The number of anilines is 2. The number of carbonyl (C=O) groups is 6. The first-order valence-electron chi connectivity index (χ1n) is 35.3. The van der Waals surface area contributed by atoms with E-state index in [0.29, 0.717) is 44.2 Å². The van der Waals surface area contributed by atoms with Crippen LogP contribution >= 0.6 is 0 Å². The number of amides is 6. The van der Waals surface area contributed by atoms with E-state index in [9.17, 15) is 64.5 Å². The highest BCUT2D eigenvalue weighted by Crippen LogP contribution is 2.60. The van der Waals surface area contributed by atoms with Crippen LogP contribution in [0, 0.1) is 28.6 Å². The average molecular weight is 1360 g/mol. The summed E-state index contributed by atoms with van der Waals surface area (Å²) in [7, 11) is 0. The number of carbonyl (C=O) groups excluding carboxylic acids is 6. The van der Waals surface area contributed by atoms with Crippen molar-refractivity contribution >= 4 is 46.8 Å². The lowest BCUT2D eigenvalue weighted by atomic mass is 9.49. The predicted octanol–water partition coefficient (Wildman–Crippen LogP) is 2.22. The standard InChI is InChI=1S/C70H106N10O17/c1-36(2)52(76-61(90)44(72)15-11-12-30-73-51(83)35-94-46-17-10-8-9-16-45-53(46)78-79-80(45)63-57(87)56(86)59(48(34-82)95-63)97-64-58(88)55(85)54(84)47(33-81)96-64)62(91)74-37(3)60(89)75-41-23-19-39-21-25-50-68(5,43(39)32-41)27-14-29-70(50,7)66(93)77-65(92)69(6)28-13-26-67(4)42-31-40(71)22-18-38(42)20-24-49(67)69/h18-19,22-23,31-32,36-37,44-50,52-59,63-64,81-82,84-88H,8-17,20-21,24-30,33-35,71-72H2,1-7H3,(H,73,83)(H,74,91)(H,75,89)(H,76,90)(H,77,92,93)/t37-,44+,45?,46?,47+,48+,49+,50+,52-,53?,54+,55-,56+,57+,58+,59+,63-,64+,67+,68+,69-,70-/m0/s1. The summed E-state index contributed by atoms with van der Waals surface area (Å²) in [6.07, 6.45) is -3.73. The van der Waals surface area contributed by atoms with Crippen molar-refractivity contribution < 1.29 is 83.5 Å². The molecule has 0 aromatic heterocycles. The van der Waals surface area contributed by atoms with Crippen LogP contribution in [-0.2, 0) is 71.4 Å². The maximum Gasteiger partial charge on any atom is 0.246 e. The van der Waals surface area contributed by atoms with Gasteiger partial charge in [0.1, 0.15) is 73.6 Å². The third-order valence-electron chi connectivity index (χ3n) is 23.4. The molecule has 16 N–H and O–H groups in total. The second-order valence-electron chi connectivity index (χ2n) is 30.2. The largest absolute Gasteiger partial charge is 0.399 e. The van der Waals surface area contributed by atoms with E-state index in [0.717, 1.165) is 87.4 Å². The Balaban J connectivity index is 0.656. The zero-order chi connectivity index (χ0) is 70.1. The Morgan fingerprint density at radius 2 is 1.32 bits per heavy atom. The third-order valence-corrected chi connectivity index (χ3v) is 23.4. The molecule has 2 aromatic rings. The maximum absolute atomic E-state index is 14.8. The summed E-state index contributed by atoms with van der Waals surface area (Å²) < 4.78 is 23.4. The van der Waals surface area contributed by atoms with Crippen molar-refractivity contribution in [1.82, 2.24) is 26.3 Å². The zero-order valence-corrected chi connectivity index (χ0v) is 57.2. The first-order chi connectivity index (χ1) is 46.1. The molecule has 3 aliphatic heterocycles. The summed E-state index contributed by atoms with van der Waals surface area (Å²) in [4.78, 5) is 83.8. The molecule has 538 valence electrons. The molecule has 27 nitrogen and oxygen atoms in total. The van der Waals surface area contributed by atoms with Gasteiger partial charge in [-0.3, -0.25) is 34.1 Å². The summed E-state index contributed by atoms with van der Waals surface area (Å²) in [5.41, 5.74) is 16.4. The molecular formula is C70H106N10O17. The number of imide groups is 1. The highest BCUT2D eigenvalue weighted by Gasteiger charge is 2.60. The van der Waals surface area contributed by atoms with Crippen LogP contribution in [0.15, 0.2) is 46.7 Å². The molecule has 22 atom stereocenters. The minimum Gasteiger partial charge on any atom is -0.399 e. The molecule has 3 heterocycles. The lowest BCUT2D eigenvalue weighted by Crippen LogP contribution is -2.67. The van der Waals surface area contributed by atoms with Gasteiger partial charge < -0.3 is 87.4 Å². The van der Waals surface area contributed by atoms with Crippen LogP contribution in [0.5, 0.6) is 0 Å². The average Bonchev–Trinajstić information content (AvgIpc) is 1.12. The van der Waals surface area contributed by atoms with E-state index < -0.39 is 151 Å². The van der Waals surface area contributed by atoms with Gasteiger partial charge in [0.05, 0.1) is 42.2 Å². The number of aliphatic hydroxyl groups excluding tert-OH is 7. The predicted molar refractivity (Wildman–Crippen MR) is 354 cm³/mol. The molecule has 6 amide bonds. The monoisotopic (exact) mass is 1360 g/mol. The molecule has 10 rings (SSSR count). The number of hydrogen-bond donors (Lipinski definition) is 14. The third kappa shape index (κ3) is 15.0. The molecule has 5 aliphatic carbocycles. The first kappa shape index (κ1) is 73.9. The minimum absolute atomic E-state index is 0.0516. The summed E-state index contributed by atoms with van der Waals surface area (Å²) in [5.74, 6) is -2.76. The maximum atomic E-state index is 14.8. The van der Waals surface area contributed by atoms with Crippen LogP contribution in [0.1, 0.15) is 173 Å². The van der Waals surface area contributed by atoms with Crippen molar-refractivity contribution in [3.63, 3.8) is 0 Å². The van der Waals surface area contributed by atoms with Crippen molar-refractivity contribution in [1.29, 1.82) is 0 Å². The molecule has 3 unspecified atom stereocenters. The normalized spacial score (nSPS) is 36.3. The lowest BCUT2D eigenvalue weighted by molar-refractivity contribution is -0.350. The fourth-order valence-corrected chi connectivity index (χ4v) is 17.7. The van der Waals surface area contributed by atoms with Gasteiger partial charge in [-0.05, 0) is 165 Å². The second-order valence-corrected chi connectivity index (χ2v) is 30.2. The van der Waals surface area contributed by atoms with Crippen molar-refractivity contribution in [2.24, 2.45) is 44.7 Å². The van der Waals surface area contributed by atoms with Crippen LogP contribution in [0.25, 0.3) is 0 Å². The molecule has 27 heteroatoms. The molecule has 8 aliphatic rings. The van der Waals surface area contributed by atoms with Crippen LogP contribution in [0.4, 0.5) is 11.4 Å². The minimum atomic E-state index is -1.81. The fourth-order valence-electron chi connectivity index (χ4n) is 17.7. The van der Waals surface area contributed by atoms with Crippen molar-refractivity contribution in [2.45, 2.75) is 273 Å². The summed E-state index contributed by atoms with van der Waals surface area (Å²) in [6.45, 7) is 12.2. The van der Waals surface area contributed by atoms with Crippen LogP contribution in [-0.4, -0.2) is 200 Å². The molecule has 2 saturated heterocycles. The fraction of sp³-hybridized carbons (Fsp3) is 0.743. The van der Waals surface area contributed by atoms with Gasteiger partial charge >= 0.3 is 0 Å². The Morgan fingerprint density at radius 1 is 0.691 bits per heavy atom. The van der Waals surface area contributed by atoms with Crippen LogP contribution in [0.2, 0.25) is 0 Å². The second kappa shape index (κ2) is 30.6. The molecule has 97 heavy (non-hydrogen) atoms. The van der Waals surface area contributed by atoms with Crippen LogP contribution in [0.3, 0.4) is 0 Å². The number of benzene rings is 2. The van der Waals surface area contributed by atoms with Gasteiger partial charge in [-0.25, -0.2) is 5.01 Å². The first-order valence-corrected chi connectivity index (χ1v) is 35.3. The summed E-state index contributed by atoms with van der Waals surface area (Å²) in [5, 5.41) is 98.5. The van der Waals surface area contributed by atoms with Gasteiger partial charge in [0, 0.05) is 17.9 Å². The van der Waals surface area contributed by atoms with E-state index in [-0.39, 0.29) is 54.6 Å². The van der Waals surface area contributed by atoms with Gasteiger partial charge in [0.2, 0.25) is 35.4 Å². The number of unbranched alkanes of at least 4 members (excludes halogenated alkanes) is 1. The van der Waals surface area contributed by atoms with Gasteiger partial charge in [0.15, 0.2) is 12.5 Å². The van der Waals surface area contributed by atoms with Gasteiger partial charge in [-0.15, -0.1) is 0 Å². The number of nitrogens with two attached hydrogens (primary N) is 2. The quantitative estimate of drug-likeness (QED) is 0.0456. The van der Waals surface area contributed by atoms with Gasteiger partial charge in [0.25, 0.3) is 0 Å². The number of rotatable bonds is 22. The number of nitrogens with zero attached hydrogens (tertiary/aromatic N) is 3. The highest BCUT2D eigenvalue weighted by atomic mass is 16.7. The van der Waals surface area contributed by atoms with Crippen molar-refractivity contribution in [3.8, 4) is 0 Å². The van der Waals surface area contributed by atoms with Gasteiger partial charge in [-0.2, -0.15) is 5.11 Å². The molecule has 2 aromatic carbocycles. The zero-order valence-electron chi connectivity index (χ0n) is 57.2. The smallest absolute Gasteiger partial charge is 0.246 e. The summed E-state index contributed by atoms with van der Waals surface area (Å²) in [6, 6.07) is 7.97. The van der Waals surface area contributed by atoms with Crippen molar-refractivity contribution in [3.05, 3.63) is 58.7 Å². The number of fused-ring (bicyclic) bond motifs is 7. The molecular weight excluding hydrogens is 1250 g/mol. The summed E-state index contributed by atoms with van der Waals surface area (Å²) >= 11 is 0. The van der Waals surface area contributed by atoms with E-state index in [2.05, 4.69) is 69.8 Å². The highest BCUT2D eigenvalue weighted by molar-refractivity contribution is 6.01.